The van der Waals surface area contributed by atoms with Crippen LogP contribution in [0.25, 0.3) is 10.9 Å². The van der Waals surface area contributed by atoms with Crippen molar-refractivity contribution in [2.45, 2.75) is 30.2 Å². The molecule has 204 valence electrons. The molecule has 38 heavy (non-hydrogen) atoms. The molecule has 0 bridgehead atoms. The predicted molar refractivity (Wildman–Crippen MR) is 145 cm³/mol. The molecule has 12 heteroatoms. The van der Waals surface area contributed by atoms with Gasteiger partial charge in [-0.2, -0.15) is 4.72 Å². The summed E-state index contributed by atoms with van der Waals surface area (Å²) < 4.78 is 39.9. The molecule has 6 N–H and O–H groups in total. The van der Waals surface area contributed by atoms with Gasteiger partial charge in [-0.05, 0) is 48.9 Å². The maximum absolute atomic E-state index is 13.4. The zero-order valence-corrected chi connectivity index (χ0v) is 22.3. The topological polar surface area (TPSA) is 163 Å². The molecule has 0 spiro atoms. The minimum absolute atomic E-state index is 0.0147. The van der Waals surface area contributed by atoms with Gasteiger partial charge in [0.1, 0.15) is 6.04 Å². The van der Waals surface area contributed by atoms with Crippen molar-refractivity contribution in [2.24, 2.45) is 11.7 Å². The van der Waals surface area contributed by atoms with E-state index in [0.717, 1.165) is 29.3 Å². The number of hydrogen-bond donors (Lipinski definition) is 5. The van der Waals surface area contributed by atoms with Crippen LogP contribution in [0, 0.1) is 11.3 Å². The van der Waals surface area contributed by atoms with Crippen LogP contribution in [0.3, 0.4) is 0 Å². The number of H-pyrrole nitrogens is 1. The predicted octanol–water partition coefficient (Wildman–Crippen LogP) is 1.80. The Balaban J connectivity index is 1.56. The quantitative estimate of drug-likeness (QED) is 0.193. The molecular formula is C26H34N6O5S. The number of nitrogens with one attached hydrogen (secondary N) is 4. The fourth-order valence-corrected chi connectivity index (χ4v) is 5.98. The van der Waals surface area contributed by atoms with Gasteiger partial charge in [-0.3, -0.25) is 10.2 Å². The molecule has 2 atom stereocenters. The molecule has 2 aromatic carbocycles. The number of para-hydroxylation sites is 1. The largest absolute Gasteiger partial charge is 0.493 e. The van der Waals surface area contributed by atoms with Crippen LogP contribution in [0.5, 0.6) is 11.5 Å². The van der Waals surface area contributed by atoms with E-state index in [0.29, 0.717) is 25.4 Å². The first kappa shape index (κ1) is 27.3. The number of hydrogen-bond acceptors (Lipinski definition) is 6. The number of carbonyl (C=O) groups is 1. The van der Waals surface area contributed by atoms with Crippen LogP contribution in [0.15, 0.2) is 53.6 Å². The lowest BCUT2D eigenvalue weighted by Gasteiger charge is -2.33. The minimum atomic E-state index is -4.09. The van der Waals surface area contributed by atoms with Crippen molar-refractivity contribution >= 4 is 32.8 Å². The molecule has 1 amide bonds. The van der Waals surface area contributed by atoms with Gasteiger partial charge in [0.15, 0.2) is 17.5 Å². The molecule has 3 aromatic rings. The second-order valence-electron chi connectivity index (χ2n) is 9.34. The van der Waals surface area contributed by atoms with Gasteiger partial charge in [0, 0.05) is 42.8 Å². The van der Waals surface area contributed by atoms with Crippen LogP contribution in [-0.4, -0.2) is 70.1 Å². The van der Waals surface area contributed by atoms with Gasteiger partial charge in [-0.25, -0.2) is 8.42 Å². The van der Waals surface area contributed by atoms with E-state index in [1.807, 2.05) is 24.3 Å². The number of amides is 1. The van der Waals surface area contributed by atoms with E-state index in [4.69, 9.17) is 20.6 Å². The number of carbonyl (C=O) groups excluding carboxylic acids is 1. The highest BCUT2D eigenvalue weighted by atomic mass is 32.2. The summed E-state index contributed by atoms with van der Waals surface area (Å²) in [7, 11) is -1.20. The van der Waals surface area contributed by atoms with Gasteiger partial charge in [-0.1, -0.05) is 18.2 Å². The normalized spacial score (nSPS) is 16.7. The number of guanidine groups is 1. The summed E-state index contributed by atoms with van der Waals surface area (Å²) in [6, 6.07) is 10.9. The Labute approximate surface area is 222 Å². The third-order valence-electron chi connectivity index (χ3n) is 6.80. The Morgan fingerprint density at radius 1 is 1.21 bits per heavy atom. The van der Waals surface area contributed by atoms with Gasteiger partial charge >= 0.3 is 0 Å². The summed E-state index contributed by atoms with van der Waals surface area (Å²) in [6.45, 7) is 1.64. The molecule has 2 heterocycles. The number of aromatic amines is 1. The molecule has 1 saturated heterocycles. The van der Waals surface area contributed by atoms with Crippen LogP contribution < -0.4 is 25.2 Å². The van der Waals surface area contributed by atoms with Gasteiger partial charge in [-0.15, -0.1) is 0 Å². The van der Waals surface area contributed by atoms with Crippen LogP contribution in [-0.2, 0) is 21.2 Å². The smallest absolute Gasteiger partial charge is 0.241 e. The molecule has 1 fully saturated rings. The third-order valence-corrected chi connectivity index (χ3v) is 8.27. The molecule has 4 rings (SSSR count). The van der Waals surface area contributed by atoms with E-state index in [9.17, 15) is 13.2 Å². The standard InChI is InChI=1S/C26H34N6O5S/c1-36-23-10-9-19(13-24(23)37-2)38(34,35)31-22(12-18-15-29-21-8-4-3-7-20(18)21)25(33)30-14-17-6-5-11-32(16-17)26(27)28/h3-4,7-10,13,15,17,22,29,31H,5-6,11-12,14,16H2,1-2H3,(H3,27,28)(H,30,33). The van der Waals surface area contributed by atoms with Gasteiger partial charge in [0.25, 0.3) is 0 Å². The van der Waals surface area contributed by atoms with Crippen molar-refractivity contribution in [1.82, 2.24) is 19.9 Å². The summed E-state index contributed by atoms with van der Waals surface area (Å²) in [5.41, 5.74) is 7.36. The molecule has 1 aromatic heterocycles. The summed E-state index contributed by atoms with van der Waals surface area (Å²) in [6.07, 6.45) is 3.69. The third kappa shape index (κ3) is 6.20. The maximum atomic E-state index is 13.4. The lowest BCUT2D eigenvalue weighted by Crippen LogP contribution is -2.51. The Morgan fingerprint density at radius 2 is 1.97 bits per heavy atom. The van der Waals surface area contributed by atoms with Crippen molar-refractivity contribution in [3.05, 3.63) is 54.2 Å². The lowest BCUT2D eigenvalue weighted by molar-refractivity contribution is -0.122. The van der Waals surface area contributed by atoms with Crippen LogP contribution >= 0.6 is 0 Å². The van der Waals surface area contributed by atoms with Crippen LogP contribution in [0.2, 0.25) is 0 Å². The number of fused-ring (bicyclic) bond motifs is 1. The van der Waals surface area contributed by atoms with Gasteiger partial charge in [0.05, 0.1) is 19.1 Å². The summed E-state index contributed by atoms with van der Waals surface area (Å²) in [5.74, 6) is 0.347. The number of aromatic nitrogens is 1. The number of ether oxygens (including phenoxy) is 2. The van der Waals surface area contributed by atoms with E-state index in [2.05, 4.69) is 15.0 Å². The number of piperidine rings is 1. The molecule has 0 radical (unpaired) electrons. The number of benzene rings is 2. The van der Waals surface area contributed by atoms with E-state index >= 15 is 0 Å². The molecule has 1 aliphatic heterocycles. The number of nitrogens with zero attached hydrogens (tertiary/aromatic N) is 1. The number of methoxy groups -OCH3 is 2. The van der Waals surface area contributed by atoms with E-state index < -0.39 is 22.0 Å². The Morgan fingerprint density at radius 3 is 2.71 bits per heavy atom. The first-order valence-electron chi connectivity index (χ1n) is 12.4. The van der Waals surface area contributed by atoms with Crippen molar-refractivity contribution in [3.8, 4) is 11.5 Å². The summed E-state index contributed by atoms with van der Waals surface area (Å²) in [4.78, 5) is 18.3. The molecule has 2 unspecified atom stereocenters. The number of likely N-dealkylation sites (tertiary alicyclic amines) is 1. The highest BCUT2D eigenvalue weighted by Gasteiger charge is 2.29. The maximum Gasteiger partial charge on any atom is 0.241 e. The molecule has 1 aliphatic rings. The van der Waals surface area contributed by atoms with Crippen molar-refractivity contribution in [3.63, 3.8) is 0 Å². The van der Waals surface area contributed by atoms with E-state index in [1.54, 1.807) is 11.1 Å². The average Bonchev–Trinajstić information content (AvgIpc) is 3.33. The summed E-state index contributed by atoms with van der Waals surface area (Å²) >= 11 is 0. The second-order valence-corrected chi connectivity index (χ2v) is 11.1. The highest BCUT2D eigenvalue weighted by Crippen LogP contribution is 2.29. The first-order chi connectivity index (χ1) is 18.2. The molecular weight excluding hydrogens is 508 g/mol. The molecule has 11 nitrogen and oxygen atoms in total. The molecule has 0 saturated carbocycles. The monoisotopic (exact) mass is 542 g/mol. The van der Waals surface area contributed by atoms with E-state index in [-0.39, 0.29) is 28.9 Å². The number of rotatable bonds is 10. The number of nitrogens with two attached hydrogens (primary N) is 1. The Bertz CT molecular complexity index is 1410. The zero-order chi connectivity index (χ0) is 27.3. The zero-order valence-electron chi connectivity index (χ0n) is 21.5. The van der Waals surface area contributed by atoms with Gasteiger partial charge in [0.2, 0.25) is 15.9 Å². The van der Waals surface area contributed by atoms with Crippen molar-refractivity contribution in [1.29, 1.82) is 5.41 Å². The minimum Gasteiger partial charge on any atom is -0.493 e. The summed E-state index contributed by atoms with van der Waals surface area (Å²) in [5, 5.41) is 11.5. The Hall–Kier alpha value is -3.77. The first-order valence-corrected chi connectivity index (χ1v) is 13.9. The van der Waals surface area contributed by atoms with E-state index in [1.165, 1.54) is 32.4 Å². The SMILES string of the molecule is COc1ccc(S(=O)(=O)NC(Cc2c[nH]c3ccccc23)C(=O)NCC2CCCN(C(=N)N)C2)cc1OC. The van der Waals surface area contributed by atoms with Crippen LogP contribution in [0.4, 0.5) is 0 Å². The Kier molecular flexibility index (Phi) is 8.42. The van der Waals surface area contributed by atoms with Crippen molar-refractivity contribution < 1.29 is 22.7 Å². The lowest BCUT2D eigenvalue weighted by atomic mass is 9.98. The van der Waals surface area contributed by atoms with Crippen molar-refractivity contribution in [2.75, 3.05) is 33.9 Å². The molecule has 0 aliphatic carbocycles. The average molecular weight is 543 g/mol. The van der Waals surface area contributed by atoms with Gasteiger partial charge < -0.3 is 30.4 Å². The van der Waals surface area contributed by atoms with Crippen LogP contribution in [0.1, 0.15) is 18.4 Å². The second kappa shape index (κ2) is 11.7. The number of sulfonamides is 1. The fourth-order valence-electron chi connectivity index (χ4n) is 4.77. The highest BCUT2D eigenvalue weighted by molar-refractivity contribution is 7.89. The fraction of sp³-hybridized carbons (Fsp3) is 0.385.